The van der Waals surface area contributed by atoms with Crippen molar-refractivity contribution in [1.82, 2.24) is 5.32 Å². The first kappa shape index (κ1) is 16.6. The molecule has 0 bridgehead atoms. The van der Waals surface area contributed by atoms with Gasteiger partial charge in [0, 0.05) is 19.0 Å². The number of ether oxygens (including phenoxy) is 2. The van der Waals surface area contributed by atoms with Crippen LogP contribution in [0.2, 0.25) is 0 Å². The molecule has 4 heteroatoms. The zero-order valence-corrected chi connectivity index (χ0v) is 14.8. The second kappa shape index (κ2) is 8.04. The van der Waals surface area contributed by atoms with Crippen molar-refractivity contribution in [1.29, 1.82) is 0 Å². The number of hydrogen-bond donors (Lipinski definition) is 1. The first-order chi connectivity index (χ1) is 10.2. The van der Waals surface area contributed by atoms with E-state index in [0.717, 1.165) is 48.1 Å². The fourth-order valence-corrected chi connectivity index (χ4v) is 3.43. The average Bonchev–Trinajstić information content (AvgIpc) is 2.72. The summed E-state index contributed by atoms with van der Waals surface area (Å²) in [6.07, 6.45) is 3.37. The molecular weight excluding hydrogens is 330 g/mol. The summed E-state index contributed by atoms with van der Waals surface area (Å²) >= 11 is 3.60. The molecule has 1 N–H and O–H groups in total. The number of halogens is 1. The van der Waals surface area contributed by atoms with Gasteiger partial charge < -0.3 is 14.8 Å². The highest BCUT2D eigenvalue weighted by Gasteiger charge is 2.17. The van der Waals surface area contributed by atoms with E-state index in [1.165, 1.54) is 18.4 Å². The van der Waals surface area contributed by atoms with E-state index >= 15 is 0 Å². The minimum atomic E-state index is 0.523. The number of benzene rings is 1. The van der Waals surface area contributed by atoms with Crippen LogP contribution in [0.25, 0.3) is 0 Å². The van der Waals surface area contributed by atoms with Gasteiger partial charge in [-0.25, -0.2) is 0 Å². The molecule has 0 saturated heterocycles. The van der Waals surface area contributed by atoms with Gasteiger partial charge in [0.1, 0.15) is 0 Å². The van der Waals surface area contributed by atoms with Crippen LogP contribution >= 0.6 is 15.9 Å². The molecule has 2 rings (SSSR count). The van der Waals surface area contributed by atoms with Gasteiger partial charge in [0.2, 0.25) is 0 Å². The number of fused-ring (bicyclic) bond motifs is 1. The van der Waals surface area contributed by atoms with Crippen molar-refractivity contribution in [2.45, 2.75) is 52.6 Å². The van der Waals surface area contributed by atoms with Gasteiger partial charge in [-0.05, 0) is 46.5 Å². The van der Waals surface area contributed by atoms with Crippen LogP contribution in [0.3, 0.4) is 0 Å². The van der Waals surface area contributed by atoms with Crippen LogP contribution in [0, 0.1) is 5.92 Å². The Morgan fingerprint density at radius 3 is 2.62 bits per heavy atom. The molecule has 1 atom stereocenters. The van der Waals surface area contributed by atoms with Crippen LogP contribution in [0.4, 0.5) is 0 Å². The van der Waals surface area contributed by atoms with E-state index in [-0.39, 0.29) is 0 Å². The Kier molecular flexibility index (Phi) is 6.37. The van der Waals surface area contributed by atoms with Gasteiger partial charge in [-0.1, -0.05) is 26.7 Å². The van der Waals surface area contributed by atoms with Gasteiger partial charge in [-0.2, -0.15) is 0 Å². The quantitative estimate of drug-likeness (QED) is 0.813. The predicted molar refractivity (Wildman–Crippen MR) is 90.1 cm³/mol. The van der Waals surface area contributed by atoms with E-state index in [1.54, 1.807) is 0 Å². The maximum Gasteiger partial charge on any atom is 0.175 e. The summed E-state index contributed by atoms with van der Waals surface area (Å²) in [4.78, 5) is 0. The molecule has 21 heavy (non-hydrogen) atoms. The van der Waals surface area contributed by atoms with Crippen molar-refractivity contribution >= 4 is 15.9 Å². The summed E-state index contributed by atoms with van der Waals surface area (Å²) in [6, 6.07) is 4.74. The second-order valence-corrected chi connectivity index (χ2v) is 6.56. The molecule has 0 amide bonds. The fraction of sp³-hybridized carbons (Fsp3) is 0.647. The smallest absolute Gasteiger partial charge is 0.175 e. The summed E-state index contributed by atoms with van der Waals surface area (Å²) in [7, 11) is 0. The lowest BCUT2D eigenvalue weighted by Crippen LogP contribution is -2.32. The molecule has 118 valence electrons. The predicted octanol–water partition coefficient (Wildman–Crippen LogP) is 4.52. The maximum absolute atomic E-state index is 5.78. The lowest BCUT2D eigenvalue weighted by Gasteiger charge is -2.23. The van der Waals surface area contributed by atoms with Crippen LogP contribution in [-0.2, 0) is 6.54 Å². The Morgan fingerprint density at radius 1 is 1.19 bits per heavy atom. The third-order valence-electron chi connectivity index (χ3n) is 4.25. The van der Waals surface area contributed by atoms with E-state index in [2.05, 4.69) is 54.2 Å². The van der Waals surface area contributed by atoms with Crippen molar-refractivity contribution < 1.29 is 9.47 Å². The van der Waals surface area contributed by atoms with Crippen molar-refractivity contribution in [3.05, 3.63) is 22.2 Å². The Bertz CT molecular complexity index is 460. The van der Waals surface area contributed by atoms with Crippen molar-refractivity contribution in [3.8, 4) is 11.5 Å². The Labute approximate surface area is 136 Å². The number of nitrogens with one attached hydrogen (secondary N) is 1. The van der Waals surface area contributed by atoms with Gasteiger partial charge in [0.05, 0.1) is 17.7 Å². The van der Waals surface area contributed by atoms with Crippen molar-refractivity contribution in [3.63, 3.8) is 0 Å². The third-order valence-corrected chi connectivity index (χ3v) is 4.84. The summed E-state index contributed by atoms with van der Waals surface area (Å²) in [5.41, 5.74) is 1.23. The minimum absolute atomic E-state index is 0.523. The summed E-state index contributed by atoms with van der Waals surface area (Å²) < 4.78 is 12.5. The Balaban J connectivity index is 2.04. The molecule has 1 aromatic carbocycles. The Hall–Kier alpha value is -0.740. The summed E-state index contributed by atoms with van der Waals surface area (Å²) in [5.74, 6) is 2.42. The minimum Gasteiger partial charge on any atom is -0.490 e. The maximum atomic E-state index is 5.78. The molecule has 1 heterocycles. The zero-order chi connectivity index (χ0) is 15.2. The highest BCUT2D eigenvalue weighted by Crippen LogP contribution is 2.38. The molecule has 1 aliphatic rings. The topological polar surface area (TPSA) is 30.5 Å². The van der Waals surface area contributed by atoms with Crippen LogP contribution in [-0.4, -0.2) is 19.3 Å². The molecule has 1 aliphatic heterocycles. The van der Waals surface area contributed by atoms with Gasteiger partial charge in [-0.3, -0.25) is 0 Å². The van der Waals surface area contributed by atoms with Crippen LogP contribution in [0.15, 0.2) is 16.6 Å². The largest absolute Gasteiger partial charge is 0.490 e. The number of rotatable bonds is 6. The van der Waals surface area contributed by atoms with E-state index < -0.39 is 0 Å². The molecule has 1 aromatic rings. The molecule has 0 spiro atoms. The van der Waals surface area contributed by atoms with Gasteiger partial charge in [0.25, 0.3) is 0 Å². The molecule has 0 fully saturated rings. The molecule has 0 aliphatic carbocycles. The van der Waals surface area contributed by atoms with E-state index in [4.69, 9.17) is 9.47 Å². The molecule has 1 unspecified atom stereocenters. The molecule has 0 radical (unpaired) electrons. The monoisotopic (exact) mass is 355 g/mol. The highest BCUT2D eigenvalue weighted by atomic mass is 79.9. The Morgan fingerprint density at radius 2 is 1.90 bits per heavy atom. The summed E-state index contributed by atoms with van der Waals surface area (Å²) in [6.45, 7) is 9.09. The lowest BCUT2D eigenvalue weighted by atomic mass is 9.95. The van der Waals surface area contributed by atoms with Crippen LogP contribution in [0.1, 0.15) is 45.6 Å². The van der Waals surface area contributed by atoms with E-state index in [9.17, 15) is 0 Å². The van der Waals surface area contributed by atoms with Crippen LogP contribution < -0.4 is 14.8 Å². The first-order valence-corrected chi connectivity index (χ1v) is 8.76. The van der Waals surface area contributed by atoms with E-state index in [0.29, 0.717) is 6.04 Å². The SMILES string of the molecule is CCC(CC)C(C)NCc1cc(Br)c2c(c1)OCCCO2. The van der Waals surface area contributed by atoms with Crippen LogP contribution in [0.5, 0.6) is 11.5 Å². The standard InChI is InChI=1S/C17H26BrNO2/c1-4-14(5-2)12(3)19-11-13-9-15(18)17-16(10-13)20-7-6-8-21-17/h9-10,12,14,19H,4-8,11H2,1-3H3. The molecule has 0 aromatic heterocycles. The highest BCUT2D eigenvalue weighted by molar-refractivity contribution is 9.10. The van der Waals surface area contributed by atoms with Gasteiger partial charge >= 0.3 is 0 Å². The lowest BCUT2D eigenvalue weighted by molar-refractivity contribution is 0.296. The molecule has 0 saturated carbocycles. The summed E-state index contributed by atoms with van der Waals surface area (Å²) in [5, 5.41) is 3.63. The normalized spacial score (nSPS) is 15.9. The molecule has 3 nitrogen and oxygen atoms in total. The zero-order valence-electron chi connectivity index (χ0n) is 13.2. The number of hydrogen-bond acceptors (Lipinski definition) is 3. The molecular formula is C17H26BrNO2. The van der Waals surface area contributed by atoms with Gasteiger partial charge in [-0.15, -0.1) is 0 Å². The van der Waals surface area contributed by atoms with Gasteiger partial charge in [0.15, 0.2) is 11.5 Å². The van der Waals surface area contributed by atoms with E-state index in [1.807, 2.05) is 0 Å². The third kappa shape index (κ3) is 4.36. The van der Waals surface area contributed by atoms with Crippen molar-refractivity contribution in [2.75, 3.05) is 13.2 Å². The van der Waals surface area contributed by atoms with Crippen molar-refractivity contribution in [2.24, 2.45) is 5.92 Å². The second-order valence-electron chi connectivity index (χ2n) is 5.70. The average molecular weight is 356 g/mol. The first-order valence-electron chi connectivity index (χ1n) is 7.97. The fourth-order valence-electron chi connectivity index (χ4n) is 2.83.